The summed E-state index contributed by atoms with van der Waals surface area (Å²) in [6.07, 6.45) is 2.42. The first-order valence-electron chi connectivity index (χ1n) is 7.72. The van der Waals surface area contributed by atoms with E-state index in [-0.39, 0.29) is 18.4 Å². The quantitative estimate of drug-likeness (QED) is 0.872. The lowest BCUT2D eigenvalue weighted by Gasteiger charge is -2.29. The highest BCUT2D eigenvalue weighted by Gasteiger charge is 2.25. The zero-order valence-electron chi connectivity index (χ0n) is 13.2. The van der Waals surface area contributed by atoms with E-state index in [1.165, 1.54) is 12.1 Å². The summed E-state index contributed by atoms with van der Waals surface area (Å²) in [5.41, 5.74) is 2.41. The first-order chi connectivity index (χ1) is 11.0. The Kier molecular flexibility index (Phi) is 4.15. The molecule has 1 aromatic carbocycles. The van der Waals surface area contributed by atoms with Gasteiger partial charge in [0.25, 0.3) is 0 Å². The molecule has 4 nitrogen and oxygen atoms in total. The molecule has 0 unspecified atom stereocenters. The van der Waals surface area contributed by atoms with Crippen molar-refractivity contribution in [2.75, 3.05) is 6.54 Å². The van der Waals surface area contributed by atoms with E-state index < -0.39 is 11.6 Å². The molecule has 0 aliphatic carbocycles. The molecular formula is C17H19F2N3O. The van der Waals surface area contributed by atoms with Crippen molar-refractivity contribution < 1.29 is 13.6 Å². The first-order valence-corrected chi connectivity index (χ1v) is 7.72. The van der Waals surface area contributed by atoms with E-state index in [1.54, 1.807) is 10.9 Å². The van der Waals surface area contributed by atoms with Crippen molar-refractivity contribution >= 4 is 5.91 Å². The minimum absolute atomic E-state index is 0.0279. The SMILES string of the molecule is CC(C)C(=O)N1CCc2c(cnn2Cc2ccc(F)cc2F)C1. The molecule has 0 radical (unpaired) electrons. The summed E-state index contributed by atoms with van der Waals surface area (Å²) in [6, 6.07) is 3.57. The second-order valence-electron chi connectivity index (χ2n) is 6.17. The summed E-state index contributed by atoms with van der Waals surface area (Å²) in [4.78, 5) is 13.9. The second kappa shape index (κ2) is 6.10. The van der Waals surface area contributed by atoms with Gasteiger partial charge in [0.1, 0.15) is 11.6 Å². The van der Waals surface area contributed by atoms with E-state index in [0.717, 1.165) is 17.3 Å². The van der Waals surface area contributed by atoms with Gasteiger partial charge >= 0.3 is 0 Å². The van der Waals surface area contributed by atoms with Crippen LogP contribution in [0.25, 0.3) is 0 Å². The molecule has 0 atom stereocenters. The number of fused-ring (bicyclic) bond motifs is 1. The van der Waals surface area contributed by atoms with Crippen LogP contribution in [0, 0.1) is 17.6 Å². The standard InChI is InChI=1S/C17H19F2N3O/c1-11(2)17(23)21-6-5-16-13(9-21)8-20-22(16)10-12-3-4-14(18)7-15(12)19/h3-4,7-8,11H,5-6,9-10H2,1-2H3. The van der Waals surface area contributed by atoms with Crippen LogP contribution >= 0.6 is 0 Å². The van der Waals surface area contributed by atoms with Crippen LogP contribution in [0.1, 0.15) is 30.7 Å². The zero-order chi connectivity index (χ0) is 16.6. The number of rotatable bonds is 3. The molecule has 0 bridgehead atoms. The van der Waals surface area contributed by atoms with Gasteiger partial charge in [-0.25, -0.2) is 8.78 Å². The van der Waals surface area contributed by atoms with Crippen LogP contribution < -0.4 is 0 Å². The maximum absolute atomic E-state index is 13.8. The van der Waals surface area contributed by atoms with Gasteiger partial charge in [0, 0.05) is 48.3 Å². The van der Waals surface area contributed by atoms with E-state index in [2.05, 4.69) is 5.10 Å². The van der Waals surface area contributed by atoms with Gasteiger partial charge in [-0.05, 0) is 6.07 Å². The highest BCUT2D eigenvalue weighted by molar-refractivity contribution is 5.78. The lowest BCUT2D eigenvalue weighted by Crippen LogP contribution is -2.38. The minimum atomic E-state index is -0.586. The van der Waals surface area contributed by atoms with E-state index in [9.17, 15) is 13.6 Å². The molecule has 0 saturated heterocycles. The van der Waals surface area contributed by atoms with Gasteiger partial charge in [0.05, 0.1) is 12.7 Å². The number of benzene rings is 1. The van der Waals surface area contributed by atoms with E-state index in [0.29, 0.717) is 25.1 Å². The van der Waals surface area contributed by atoms with Crippen LogP contribution in [0.15, 0.2) is 24.4 Å². The number of amides is 1. The van der Waals surface area contributed by atoms with Gasteiger partial charge in [-0.15, -0.1) is 0 Å². The molecule has 1 aliphatic heterocycles. The second-order valence-corrected chi connectivity index (χ2v) is 6.17. The molecule has 122 valence electrons. The van der Waals surface area contributed by atoms with Crippen molar-refractivity contribution in [1.29, 1.82) is 0 Å². The minimum Gasteiger partial charge on any atom is -0.338 e. The van der Waals surface area contributed by atoms with Gasteiger partial charge in [-0.2, -0.15) is 5.10 Å². The number of carbonyl (C=O) groups excluding carboxylic acids is 1. The molecule has 0 N–H and O–H groups in total. The Morgan fingerprint density at radius 2 is 2.13 bits per heavy atom. The zero-order valence-corrected chi connectivity index (χ0v) is 13.2. The number of carbonyl (C=O) groups is 1. The Hall–Kier alpha value is -2.24. The average molecular weight is 319 g/mol. The molecule has 3 rings (SSSR count). The average Bonchev–Trinajstić information content (AvgIpc) is 2.91. The van der Waals surface area contributed by atoms with Crippen molar-refractivity contribution in [3.8, 4) is 0 Å². The number of hydrogen-bond donors (Lipinski definition) is 0. The van der Waals surface area contributed by atoms with Crippen LogP contribution in [0.4, 0.5) is 8.78 Å². The number of hydrogen-bond acceptors (Lipinski definition) is 2. The molecule has 0 fully saturated rings. The largest absolute Gasteiger partial charge is 0.338 e. The Morgan fingerprint density at radius 1 is 1.35 bits per heavy atom. The van der Waals surface area contributed by atoms with Crippen molar-refractivity contribution in [1.82, 2.24) is 14.7 Å². The molecule has 6 heteroatoms. The Morgan fingerprint density at radius 3 is 2.83 bits per heavy atom. The van der Waals surface area contributed by atoms with Gasteiger partial charge < -0.3 is 4.90 Å². The first kappa shape index (κ1) is 15.6. The maximum atomic E-state index is 13.8. The lowest BCUT2D eigenvalue weighted by atomic mass is 10.1. The van der Waals surface area contributed by atoms with Crippen molar-refractivity contribution in [2.24, 2.45) is 5.92 Å². The molecular weight excluding hydrogens is 300 g/mol. The number of halogens is 2. The van der Waals surface area contributed by atoms with Crippen LogP contribution in [-0.2, 0) is 24.3 Å². The molecule has 1 aliphatic rings. The van der Waals surface area contributed by atoms with Crippen LogP contribution in [0.2, 0.25) is 0 Å². The summed E-state index contributed by atoms with van der Waals surface area (Å²) in [5.74, 6) is -1.05. The van der Waals surface area contributed by atoms with Crippen LogP contribution in [-0.4, -0.2) is 27.1 Å². The Balaban J connectivity index is 1.79. The fourth-order valence-electron chi connectivity index (χ4n) is 2.90. The molecule has 0 spiro atoms. The van der Waals surface area contributed by atoms with Crippen molar-refractivity contribution in [3.63, 3.8) is 0 Å². The van der Waals surface area contributed by atoms with Crippen molar-refractivity contribution in [2.45, 2.75) is 33.4 Å². The summed E-state index contributed by atoms with van der Waals surface area (Å²) >= 11 is 0. The third-order valence-corrected chi connectivity index (χ3v) is 4.16. The Labute approximate surface area is 133 Å². The van der Waals surface area contributed by atoms with Gasteiger partial charge in [-0.3, -0.25) is 9.48 Å². The third kappa shape index (κ3) is 3.11. The summed E-state index contributed by atoms with van der Waals surface area (Å²) in [6.45, 7) is 5.22. The molecule has 0 saturated carbocycles. The van der Waals surface area contributed by atoms with Crippen LogP contribution in [0.3, 0.4) is 0 Å². The maximum Gasteiger partial charge on any atom is 0.225 e. The normalized spacial score (nSPS) is 14.2. The predicted octanol–water partition coefficient (Wildman–Crippen LogP) is 2.75. The van der Waals surface area contributed by atoms with Gasteiger partial charge in [-0.1, -0.05) is 19.9 Å². The van der Waals surface area contributed by atoms with Crippen molar-refractivity contribution in [3.05, 3.63) is 52.9 Å². The summed E-state index contributed by atoms with van der Waals surface area (Å²) in [5, 5.41) is 4.31. The molecule has 2 aromatic rings. The van der Waals surface area contributed by atoms with E-state index >= 15 is 0 Å². The van der Waals surface area contributed by atoms with Crippen LogP contribution in [0.5, 0.6) is 0 Å². The fourth-order valence-corrected chi connectivity index (χ4v) is 2.90. The smallest absolute Gasteiger partial charge is 0.225 e. The van der Waals surface area contributed by atoms with E-state index in [4.69, 9.17) is 0 Å². The van der Waals surface area contributed by atoms with E-state index in [1.807, 2.05) is 18.7 Å². The third-order valence-electron chi connectivity index (χ3n) is 4.16. The lowest BCUT2D eigenvalue weighted by molar-refractivity contribution is -0.135. The van der Waals surface area contributed by atoms with Gasteiger partial charge in [0.15, 0.2) is 0 Å². The highest BCUT2D eigenvalue weighted by atomic mass is 19.1. The fraction of sp³-hybridized carbons (Fsp3) is 0.412. The molecule has 1 amide bonds. The predicted molar refractivity (Wildman–Crippen MR) is 81.6 cm³/mol. The topological polar surface area (TPSA) is 38.1 Å². The Bertz CT molecular complexity index is 739. The number of aromatic nitrogens is 2. The molecule has 2 heterocycles. The highest BCUT2D eigenvalue weighted by Crippen LogP contribution is 2.21. The molecule has 1 aromatic heterocycles. The summed E-state index contributed by atoms with van der Waals surface area (Å²) in [7, 11) is 0. The number of nitrogens with zero attached hydrogens (tertiary/aromatic N) is 3. The molecule has 23 heavy (non-hydrogen) atoms. The summed E-state index contributed by atoms with van der Waals surface area (Å²) < 4.78 is 28.5. The van der Waals surface area contributed by atoms with Gasteiger partial charge in [0.2, 0.25) is 5.91 Å². The monoisotopic (exact) mass is 319 g/mol.